The lowest BCUT2D eigenvalue weighted by molar-refractivity contribution is -0.161. The highest BCUT2D eigenvalue weighted by molar-refractivity contribution is 7.47. The maximum Gasteiger partial charge on any atom is 0.472 e. The van der Waals surface area contributed by atoms with Crippen molar-refractivity contribution in [2.45, 2.75) is 335 Å². The molecule has 0 saturated carbocycles. The Morgan fingerprint density at radius 1 is 0.341 bits per heavy atom. The van der Waals surface area contributed by atoms with E-state index >= 15 is 0 Å². The maximum atomic E-state index is 13.0. The van der Waals surface area contributed by atoms with Crippen LogP contribution >= 0.6 is 15.6 Å². The third-order valence-electron chi connectivity index (χ3n) is 14.9. The molecular formula is C63H122O17P2. The first-order chi connectivity index (χ1) is 39.6. The fourth-order valence-electron chi connectivity index (χ4n) is 9.37. The highest BCUT2D eigenvalue weighted by atomic mass is 31.2. The van der Waals surface area contributed by atoms with E-state index in [4.69, 9.17) is 37.0 Å². The topological polar surface area (TPSA) is 237 Å². The molecule has 0 aromatic carbocycles. The number of ether oxygens (including phenoxy) is 4. The zero-order valence-electron chi connectivity index (χ0n) is 52.6. The molecule has 3 N–H and O–H groups in total. The number of aliphatic hydroxyl groups is 1. The normalized spacial score (nSPS) is 14.6. The van der Waals surface area contributed by atoms with Gasteiger partial charge in [0.25, 0.3) is 0 Å². The average molecular weight is 1210 g/mol. The van der Waals surface area contributed by atoms with Gasteiger partial charge in [0.2, 0.25) is 0 Å². The van der Waals surface area contributed by atoms with E-state index in [9.17, 15) is 43.2 Å². The van der Waals surface area contributed by atoms with Crippen LogP contribution in [0.15, 0.2) is 0 Å². The van der Waals surface area contributed by atoms with E-state index in [0.29, 0.717) is 25.7 Å². The predicted octanol–water partition coefficient (Wildman–Crippen LogP) is 17.4. The number of carbonyl (C=O) groups excluding carboxylic acids is 4. The van der Waals surface area contributed by atoms with Gasteiger partial charge in [-0.1, -0.05) is 266 Å². The molecule has 0 aromatic rings. The molecule has 19 heteroatoms. The Balaban J connectivity index is 5.18. The standard InChI is InChI=1S/C63H122O17P2/c1-6-10-13-16-18-20-22-24-26-28-30-32-38-43-48-62(67)79-59(53-74-61(66)47-42-37-31-29-27-25-23-21-19-17-14-11-7-2)55-78-82(71,72)76-51-57(64)50-75-81(69,70)77-54-58(52-73-60(65)46-41-35-15-12-8-3)80-63(68)49-44-39-34-33-36-40-45-56(5)9-4/h56-59,64H,6-55H2,1-5H3,(H,69,70)(H,71,72)/t56?,57-,58+,59+/m0/s1. The summed E-state index contributed by atoms with van der Waals surface area (Å²) in [6.07, 6.45) is 40.6. The van der Waals surface area contributed by atoms with Crippen molar-refractivity contribution >= 4 is 39.5 Å². The van der Waals surface area contributed by atoms with Crippen molar-refractivity contribution in [2.24, 2.45) is 5.92 Å². The minimum atomic E-state index is -4.94. The van der Waals surface area contributed by atoms with E-state index < -0.39 is 97.5 Å². The van der Waals surface area contributed by atoms with Crippen molar-refractivity contribution in [1.82, 2.24) is 0 Å². The van der Waals surface area contributed by atoms with Crippen LogP contribution in [0.1, 0.15) is 317 Å². The van der Waals surface area contributed by atoms with Crippen molar-refractivity contribution in [3.05, 3.63) is 0 Å². The third kappa shape index (κ3) is 55.9. The molecule has 0 amide bonds. The highest BCUT2D eigenvalue weighted by Gasteiger charge is 2.30. The first kappa shape index (κ1) is 80.1. The van der Waals surface area contributed by atoms with E-state index in [1.807, 2.05) is 0 Å². The van der Waals surface area contributed by atoms with Gasteiger partial charge in [-0.15, -0.1) is 0 Å². The van der Waals surface area contributed by atoms with Gasteiger partial charge in [0.05, 0.1) is 26.4 Å². The van der Waals surface area contributed by atoms with Gasteiger partial charge in [-0.25, -0.2) is 9.13 Å². The lowest BCUT2D eigenvalue weighted by Crippen LogP contribution is -2.30. The molecule has 0 saturated heterocycles. The number of carbonyl (C=O) groups is 4. The zero-order chi connectivity index (χ0) is 60.6. The van der Waals surface area contributed by atoms with Crippen molar-refractivity contribution in [1.29, 1.82) is 0 Å². The molecule has 0 heterocycles. The largest absolute Gasteiger partial charge is 0.472 e. The van der Waals surface area contributed by atoms with E-state index in [1.165, 1.54) is 135 Å². The number of hydrogen-bond donors (Lipinski definition) is 3. The van der Waals surface area contributed by atoms with Crippen LogP contribution in [-0.2, 0) is 65.4 Å². The van der Waals surface area contributed by atoms with Gasteiger partial charge in [-0.05, 0) is 31.6 Å². The summed E-state index contributed by atoms with van der Waals surface area (Å²) >= 11 is 0. The van der Waals surface area contributed by atoms with E-state index in [-0.39, 0.29) is 25.7 Å². The summed E-state index contributed by atoms with van der Waals surface area (Å²) in [5.41, 5.74) is 0. The Morgan fingerprint density at radius 3 is 0.866 bits per heavy atom. The second-order valence-corrected chi connectivity index (χ2v) is 25.9. The van der Waals surface area contributed by atoms with Crippen LogP contribution in [0.4, 0.5) is 0 Å². The van der Waals surface area contributed by atoms with Crippen molar-refractivity contribution in [2.75, 3.05) is 39.6 Å². The molecule has 0 bridgehead atoms. The van der Waals surface area contributed by atoms with Gasteiger partial charge in [-0.3, -0.25) is 37.3 Å². The number of phosphoric ester groups is 2. The summed E-state index contributed by atoms with van der Waals surface area (Å²) in [6.45, 7) is 7.06. The second-order valence-electron chi connectivity index (χ2n) is 23.0. The minimum absolute atomic E-state index is 0.102. The first-order valence-corrected chi connectivity index (χ1v) is 36.2. The van der Waals surface area contributed by atoms with Crippen LogP contribution in [0.25, 0.3) is 0 Å². The Hall–Kier alpha value is -1.94. The smallest absolute Gasteiger partial charge is 0.462 e. The van der Waals surface area contributed by atoms with Crippen LogP contribution in [0, 0.1) is 5.92 Å². The molecule has 0 aliphatic rings. The number of unbranched alkanes of at least 4 members (excludes halogenated alkanes) is 34. The van der Waals surface area contributed by atoms with Crippen molar-refractivity contribution in [3.8, 4) is 0 Å². The zero-order valence-corrected chi connectivity index (χ0v) is 54.4. The van der Waals surface area contributed by atoms with Crippen LogP contribution in [0.3, 0.4) is 0 Å². The van der Waals surface area contributed by atoms with Crippen LogP contribution < -0.4 is 0 Å². The quantitative estimate of drug-likeness (QED) is 0.0222. The van der Waals surface area contributed by atoms with Gasteiger partial charge in [0.15, 0.2) is 12.2 Å². The molecule has 0 fully saturated rings. The summed E-state index contributed by atoms with van der Waals surface area (Å²) in [4.78, 5) is 71.9. The van der Waals surface area contributed by atoms with Gasteiger partial charge in [-0.2, -0.15) is 0 Å². The molecule has 6 atom stereocenters. The minimum Gasteiger partial charge on any atom is -0.462 e. The maximum absolute atomic E-state index is 13.0. The lowest BCUT2D eigenvalue weighted by atomic mass is 10.00. The molecule has 0 aliphatic carbocycles. The fraction of sp³-hybridized carbons (Fsp3) is 0.937. The lowest BCUT2D eigenvalue weighted by Gasteiger charge is -2.21. The monoisotopic (exact) mass is 1210 g/mol. The van der Waals surface area contributed by atoms with E-state index in [1.54, 1.807) is 0 Å². The van der Waals surface area contributed by atoms with Gasteiger partial charge < -0.3 is 33.8 Å². The van der Waals surface area contributed by atoms with Gasteiger partial charge in [0.1, 0.15) is 19.3 Å². The number of phosphoric acid groups is 2. The Bertz CT molecular complexity index is 1600. The van der Waals surface area contributed by atoms with Crippen LogP contribution in [-0.4, -0.2) is 96.7 Å². The molecule has 0 aromatic heterocycles. The third-order valence-corrected chi connectivity index (χ3v) is 16.8. The summed E-state index contributed by atoms with van der Waals surface area (Å²) in [7, 11) is -9.88. The first-order valence-electron chi connectivity index (χ1n) is 33.2. The van der Waals surface area contributed by atoms with E-state index in [2.05, 4.69) is 34.6 Å². The number of aliphatic hydroxyl groups excluding tert-OH is 1. The summed E-state index contributed by atoms with van der Waals surface area (Å²) < 4.78 is 67.8. The second kappa shape index (κ2) is 56.8. The molecular weight excluding hydrogens is 1090 g/mol. The highest BCUT2D eigenvalue weighted by Crippen LogP contribution is 2.45. The van der Waals surface area contributed by atoms with Crippen LogP contribution in [0.2, 0.25) is 0 Å². The van der Waals surface area contributed by atoms with Crippen molar-refractivity contribution in [3.63, 3.8) is 0 Å². The SMILES string of the molecule is CCCCCCCCCCCCCCCCC(=O)O[C@H](COC(=O)CCCCCCCCCCCCCCC)COP(=O)(O)OC[C@@H](O)COP(=O)(O)OC[C@@H](COC(=O)CCCCCCC)OC(=O)CCCCCCCCC(C)CC. The predicted molar refractivity (Wildman–Crippen MR) is 326 cm³/mol. The summed E-state index contributed by atoms with van der Waals surface area (Å²) in [5, 5.41) is 10.5. The molecule has 0 rings (SSSR count). The molecule has 17 nitrogen and oxygen atoms in total. The molecule has 486 valence electrons. The van der Waals surface area contributed by atoms with Crippen LogP contribution in [0.5, 0.6) is 0 Å². The van der Waals surface area contributed by atoms with E-state index in [0.717, 1.165) is 102 Å². The summed E-state index contributed by atoms with van der Waals surface area (Å²) in [5.74, 6) is -1.42. The number of esters is 4. The number of rotatable bonds is 63. The molecule has 82 heavy (non-hydrogen) atoms. The Labute approximate surface area is 498 Å². The molecule has 3 unspecified atom stereocenters. The fourth-order valence-corrected chi connectivity index (χ4v) is 11.0. The van der Waals surface area contributed by atoms with Gasteiger partial charge in [0, 0.05) is 25.7 Å². The summed E-state index contributed by atoms with van der Waals surface area (Å²) in [6, 6.07) is 0. The Morgan fingerprint density at radius 2 is 0.585 bits per heavy atom. The molecule has 0 spiro atoms. The average Bonchev–Trinajstić information content (AvgIpc) is 3.45. The number of hydrogen-bond acceptors (Lipinski definition) is 15. The Kier molecular flexibility index (Phi) is 55.5. The van der Waals surface area contributed by atoms with Gasteiger partial charge >= 0.3 is 39.5 Å². The molecule has 0 radical (unpaired) electrons. The molecule has 0 aliphatic heterocycles. The van der Waals surface area contributed by atoms with Crippen molar-refractivity contribution < 1.29 is 80.2 Å².